The number of pyridine rings is 1. The third-order valence-corrected chi connectivity index (χ3v) is 3.05. The van der Waals surface area contributed by atoms with E-state index in [0.29, 0.717) is 16.2 Å². The monoisotopic (exact) mass is 316 g/mol. The molecule has 0 aliphatic heterocycles. The molecule has 0 fully saturated rings. The fourth-order valence-corrected chi connectivity index (χ4v) is 1.84. The van der Waals surface area contributed by atoms with Crippen LogP contribution in [-0.2, 0) is 9.53 Å². The van der Waals surface area contributed by atoms with Gasteiger partial charge in [-0.2, -0.15) is 4.73 Å². The van der Waals surface area contributed by atoms with Crippen LogP contribution in [0, 0.1) is 5.21 Å². The van der Waals surface area contributed by atoms with Crippen LogP contribution in [0.2, 0.25) is 0 Å². The third kappa shape index (κ3) is 3.97. The second kappa shape index (κ2) is 7.26. The van der Waals surface area contributed by atoms with Gasteiger partial charge in [0.1, 0.15) is 5.75 Å². The molecule has 7 heteroatoms. The number of aromatic nitrogens is 1. The number of benzene rings is 1. The fraction of sp³-hybridized carbons (Fsp3) is 0.188. The van der Waals surface area contributed by atoms with Gasteiger partial charge in [0.05, 0.1) is 12.8 Å². The van der Waals surface area contributed by atoms with Crippen molar-refractivity contribution in [2.24, 2.45) is 0 Å². The van der Waals surface area contributed by atoms with Gasteiger partial charge >= 0.3 is 11.7 Å². The Kier molecular flexibility index (Phi) is 5.14. The summed E-state index contributed by atoms with van der Waals surface area (Å²) in [5, 5.41) is 14.1. The average molecular weight is 316 g/mol. The van der Waals surface area contributed by atoms with Crippen LogP contribution < -0.4 is 14.8 Å². The second-order valence-corrected chi connectivity index (χ2v) is 4.65. The maximum atomic E-state index is 12.1. The number of para-hydroxylation sites is 2. The van der Waals surface area contributed by atoms with Crippen LogP contribution in [0.25, 0.3) is 0 Å². The topological polar surface area (TPSA) is 91.6 Å². The summed E-state index contributed by atoms with van der Waals surface area (Å²) < 4.78 is 10.5. The first-order valence-electron chi connectivity index (χ1n) is 6.86. The van der Waals surface area contributed by atoms with E-state index in [1.54, 1.807) is 24.3 Å². The average Bonchev–Trinajstić information content (AvgIpc) is 2.55. The molecule has 0 spiro atoms. The van der Waals surface area contributed by atoms with Crippen molar-refractivity contribution in [1.82, 2.24) is 0 Å². The van der Waals surface area contributed by atoms with Crippen molar-refractivity contribution in [3.8, 4) is 5.75 Å². The molecule has 1 aromatic heterocycles. The van der Waals surface area contributed by atoms with Gasteiger partial charge in [0.25, 0.3) is 5.91 Å². The Labute approximate surface area is 133 Å². The number of esters is 1. The van der Waals surface area contributed by atoms with Gasteiger partial charge < -0.3 is 20.0 Å². The largest absolute Gasteiger partial charge is 0.618 e. The quantitative estimate of drug-likeness (QED) is 0.513. The van der Waals surface area contributed by atoms with E-state index in [0.717, 1.165) is 0 Å². The van der Waals surface area contributed by atoms with Crippen LogP contribution in [0.15, 0.2) is 48.7 Å². The Balaban J connectivity index is 2.03. The standard InChI is InChI=1S/C16H16N2O5/c1-11(23-16(20)13-8-5-6-10-18(13)21)15(19)17-12-7-3-4-9-14(12)22-2/h3-11H,1-2H3,(H,17,19)/t11-/m1/s1. The molecule has 0 aliphatic rings. The number of amides is 1. The number of nitrogens with one attached hydrogen (secondary N) is 1. The van der Waals surface area contributed by atoms with Gasteiger partial charge in [-0.3, -0.25) is 4.79 Å². The van der Waals surface area contributed by atoms with Crippen LogP contribution in [0.4, 0.5) is 5.69 Å². The Hall–Kier alpha value is -3.09. The first kappa shape index (κ1) is 16.3. The summed E-state index contributed by atoms with van der Waals surface area (Å²) >= 11 is 0. The number of nitrogens with zero attached hydrogens (tertiary/aromatic N) is 1. The van der Waals surface area contributed by atoms with Crippen molar-refractivity contribution in [2.75, 3.05) is 12.4 Å². The van der Waals surface area contributed by atoms with Gasteiger partial charge in [-0.15, -0.1) is 0 Å². The van der Waals surface area contributed by atoms with Gasteiger partial charge in [0, 0.05) is 12.1 Å². The smallest absolute Gasteiger partial charge is 0.405 e. The van der Waals surface area contributed by atoms with Crippen molar-refractivity contribution in [3.63, 3.8) is 0 Å². The lowest BCUT2D eigenvalue weighted by Crippen LogP contribution is -2.37. The zero-order valence-electron chi connectivity index (χ0n) is 12.7. The first-order chi connectivity index (χ1) is 11.0. The Morgan fingerprint density at radius 2 is 1.87 bits per heavy atom. The molecule has 1 N–H and O–H groups in total. The zero-order valence-corrected chi connectivity index (χ0v) is 12.7. The predicted molar refractivity (Wildman–Crippen MR) is 81.9 cm³/mol. The normalized spacial score (nSPS) is 11.4. The van der Waals surface area contributed by atoms with E-state index in [4.69, 9.17) is 9.47 Å². The van der Waals surface area contributed by atoms with Crippen molar-refractivity contribution in [2.45, 2.75) is 13.0 Å². The fourth-order valence-electron chi connectivity index (χ4n) is 1.84. The molecule has 1 atom stereocenters. The number of anilines is 1. The Bertz CT molecular complexity index is 717. The molecule has 0 bridgehead atoms. The van der Waals surface area contributed by atoms with Crippen LogP contribution in [0.1, 0.15) is 17.4 Å². The highest BCUT2D eigenvalue weighted by Crippen LogP contribution is 2.23. The molecular weight excluding hydrogens is 300 g/mol. The minimum atomic E-state index is -1.08. The van der Waals surface area contributed by atoms with E-state index in [9.17, 15) is 14.8 Å². The lowest BCUT2D eigenvalue weighted by molar-refractivity contribution is -0.608. The summed E-state index contributed by atoms with van der Waals surface area (Å²) in [4.78, 5) is 24.0. The van der Waals surface area contributed by atoms with Gasteiger partial charge in [0.2, 0.25) is 0 Å². The molecule has 2 aromatic rings. The first-order valence-corrected chi connectivity index (χ1v) is 6.86. The highest BCUT2D eigenvalue weighted by Gasteiger charge is 2.24. The summed E-state index contributed by atoms with van der Waals surface area (Å²) in [6, 6.07) is 11.2. The number of rotatable bonds is 5. The van der Waals surface area contributed by atoms with Gasteiger partial charge in [-0.1, -0.05) is 12.1 Å². The number of methoxy groups -OCH3 is 1. The lowest BCUT2D eigenvalue weighted by Gasteiger charge is -2.14. The number of carbonyl (C=O) groups is 2. The maximum absolute atomic E-state index is 12.1. The molecular formula is C16H16N2O5. The zero-order chi connectivity index (χ0) is 16.8. The number of hydrogen-bond acceptors (Lipinski definition) is 5. The molecule has 120 valence electrons. The molecule has 7 nitrogen and oxygen atoms in total. The second-order valence-electron chi connectivity index (χ2n) is 4.65. The summed E-state index contributed by atoms with van der Waals surface area (Å²) in [6.07, 6.45) is 0.100. The van der Waals surface area contributed by atoms with Gasteiger partial charge in [0.15, 0.2) is 12.3 Å². The van der Waals surface area contributed by atoms with Crippen LogP contribution in [0.5, 0.6) is 5.75 Å². The Morgan fingerprint density at radius 3 is 2.57 bits per heavy atom. The van der Waals surface area contributed by atoms with E-state index in [-0.39, 0.29) is 5.69 Å². The van der Waals surface area contributed by atoms with Crippen LogP contribution in [0.3, 0.4) is 0 Å². The summed E-state index contributed by atoms with van der Waals surface area (Å²) in [7, 11) is 1.48. The highest BCUT2D eigenvalue weighted by atomic mass is 16.6. The number of hydrogen-bond donors (Lipinski definition) is 1. The molecule has 1 heterocycles. The lowest BCUT2D eigenvalue weighted by atomic mass is 10.2. The minimum Gasteiger partial charge on any atom is -0.618 e. The molecule has 0 unspecified atom stereocenters. The van der Waals surface area contributed by atoms with Gasteiger partial charge in [-0.05, 0) is 25.1 Å². The van der Waals surface area contributed by atoms with Gasteiger partial charge in [-0.25, -0.2) is 4.79 Å². The van der Waals surface area contributed by atoms with E-state index in [1.807, 2.05) is 0 Å². The predicted octanol–water partition coefficient (Wildman–Crippen LogP) is 1.51. The number of carbonyl (C=O) groups excluding carboxylic acids is 2. The third-order valence-electron chi connectivity index (χ3n) is 3.05. The summed E-state index contributed by atoms with van der Waals surface area (Å²) in [6.45, 7) is 1.42. The summed E-state index contributed by atoms with van der Waals surface area (Å²) in [5.41, 5.74) is 0.269. The molecule has 23 heavy (non-hydrogen) atoms. The van der Waals surface area contributed by atoms with E-state index in [1.165, 1.54) is 38.4 Å². The van der Waals surface area contributed by atoms with E-state index in [2.05, 4.69) is 5.32 Å². The molecule has 2 rings (SSSR count). The minimum absolute atomic E-state index is 0.190. The van der Waals surface area contributed by atoms with Crippen molar-refractivity contribution >= 4 is 17.6 Å². The Morgan fingerprint density at radius 1 is 1.17 bits per heavy atom. The molecule has 0 saturated carbocycles. The molecule has 0 radical (unpaired) electrons. The summed E-state index contributed by atoms with van der Waals surface area (Å²) in [5.74, 6) is -0.917. The van der Waals surface area contributed by atoms with Crippen molar-refractivity contribution in [3.05, 3.63) is 59.6 Å². The SMILES string of the molecule is COc1ccccc1NC(=O)[C@@H](C)OC(=O)c1cccc[n+]1[O-]. The van der Waals surface area contributed by atoms with E-state index < -0.39 is 18.0 Å². The molecule has 1 aromatic carbocycles. The number of ether oxygens (including phenoxy) is 2. The molecule has 0 saturated heterocycles. The van der Waals surface area contributed by atoms with Crippen molar-refractivity contribution in [1.29, 1.82) is 0 Å². The molecule has 1 amide bonds. The highest BCUT2D eigenvalue weighted by molar-refractivity contribution is 5.97. The van der Waals surface area contributed by atoms with Crippen LogP contribution in [-0.4, -0.2) is 25.1 Å². The molecule has 0 aliphatic carbocycles. The van der Waals surface area contributed by atoms with Crippen LogP contribution >= 0.6 is 0 Å². The maximum Gasteiger partial charge on any atom is 0.405 e. The van der Waals surface area contributed by atoms with Crippen molar-refractivity contribution < 1.29 is 23.8 Å². The van der Waals surface area contributed by atoms with E-state index >= 15 is 0 Å².